The minimum atomic E-state index is -0.413. The number of amides is 1. The van der Waals surface area contributed by atoms with Crippen LogP contribution in [0.2, 0.25) is 0 Å². The highest BCUT2D eigenvalue weighted by Gasteiger charge is 2.21. The predicted molar refractivity (Wildman–Crippen MR) is 78.8 cm³/mol. The summed E-state index contributed by atoms with van der Waals surface area (Å²) in [5.41, 5.74) is 0. The number of piperazine rings is 1. The summed E-state index contributed by atoms with van der Waals surface area (Å²) in [5, 5.41) is 10.9. The fourth-order valence-corrected chi connectivity index (χ4v) is 3.03. The van der Waals surface area contributed by atoms with Crippen LogP contribution in [0.5, 0.6) is 0 Å². The van der Waals surface area contributed by atoms with Crippen molar-refractivity contribution in [2.24, 2.45) is 0 Å². The van der Waals surface area contributed by atoms with Crippen LogP contribution in [0.15, 0.2) is 28.1 Å². The van der Waals surface area contributed by atoms with Crippen LogP contribution >= 0.6 is 11.3 Å². The number of hydrogen-bond acceptors (Lipinski definition) is 6. The summed E-state index contributed by atoms with van der Waals surface area (Å²) in [6.45, 7) is 3.04. The summed E-state index contributed by atoms with van der Waals surface area (Å²) in [4.78, 5) is 20.7. The summed E-state index contributed by atoms with van der Waals surface area (Å²) < 4.78 is 5.76. The molecule has 0 saturated carbocycles. The van der Waals surface area contributed by atoms with Gasteiger partial charge in [0.1, 0.15) is 6.61 Å². The Labute approximate surface area is 126 Å². The Morgan fingerprint density at radius 2 is 2.19 bits per heavy atom. The Morgan fingerprint density at radius 3 is 2.86 bits per heavy atom. The zero-order valence-electron chi connectivity index (χ0n) is 11.6. The second-order valence-electron chi connectivity index (χ2n) is 4.91. The first-order valence-electron chi connectivity index (χ1n) is 6.86. The molecular weight excluding hydrogens is 290 g/mol. The SMILES string of the molecule is O=C(CO)N1CCN(Cc2ncc(-c3cccs3)o2)CC1. The lowest BCUT2D eigenvalue weighted by Crippen LogP contribution is -2.49. The third kappa shape index (κ3) is 3.31. The molecule has 6 nitrogen and oxygen atoms in total. The number of carbonyl (C=O) groups is 1. The first-order valence-corrected chi connectivity index (χ1v) is 7.74. The van der Waals surface area contributed by atoms with E-state index in [2.05, 4.69) is 9.88 Å². The van der Waals surface area contributed by atoms with Crippen LogP contribution in [-0.4, -0.2) is 58.6 Å². The van der Waals surface area contributed by atoms with Gasteiger partial charge < -0.3 is 14.4 Å². The fourth-order valence-electron chi connectivity index (χ4n) is 2.36. The molecule has 2 aromatic rings. The van der Waals surface area contributed by atoms with Crippen molar-refractivity contribution < 1.29 is 14.3 Å². The van der Waals surface area contributed by atoms with Crippen molar-refractivity contribution in [1.82, 2.24) is 14.8 Å². The molecule has 0 aliphatic carbocycles. The standard InChI is InChI=1S/C14H17N3O3S/c18-10-14(19)17-5-3-16(4-6-17)9-13-15-8-11(20-13)12-2-1-7-21-12/h1-2,7-8,18H,3-6,9-10H2. The number of carbonyl (C=O) groups excluding carboxylic acids is 1. The van der Waals surface area contributed by atoms with Crippen molar-refractivity contribution in [3.05, 3.63) is 29.6 Å². The van der Waals surface area contributed by atoms with E-state index in [4.69, 9.17) is 9.52 Å². The summed E-state index contributed by atoms with van der Waals surface area (Å²) in [6.07, 6.45) is 1.76. The lowest BCUT2D eigenvalue weighted by Gasteiger charge is -2.33. The smallest absolute Gasteiger partial charge is 0.248 e. The lowest BCUT2D eigenvalue weighted by atomic mass is 10.3. The molecule has 3 heterocycles. The first kappa shape index (κ1) is 14.2. The number of aromatic nitrogens is 1. The van der Waals surface area contributed by atoms with Crippen molar-refractivity contribution in [3.8, 4) is 10.6 Å². The molecule has 1 aliphatic heterocycles. The average molecular weight is 307 g/mol. The van der Waals surface area contributed by atoms with Gasteiger partial charge in [-0.15, -0.1) is 11.3 Å². The Kier molecular flexibility index (Phi) is 4.33. The van der Waals surface area contributed by atoms with E-state index in [0.29, 0.717) is 25.5 Å². The van der Waals surface area contributed by atoms with Gasteiger partial charge >= 0.3 is 0 Å². The zero-order chi connectivity index (χ0) is 14.7. The van der Waals surface area contributed by atoms with Gasteiger partial charge in [0.25, 0.3) is 0 Å². The highest BCUT2D eigenvalue weighted by Crippen LogP contribution is 2.25. The summed E-state index contributed by atoms with van der Waals surface area (Å²) >= 11 is 1.63. The fraction of sp³-hybridized carbons (Fsp3) is 0.429. The van der Waals surface area contributed by atoms with E-state index in [1.807, 2.05) is 17.5 Å². The van der Waals surface area contributed by atoms with Gasteiger partial charge in [-0.25, -0.2) is 4.98 Å². The summed E-state index contributed by atoms with van der Waals surface area (Å²) in [5.74, 6) is 1.29. The molecule has 112 valence electrons. The molecule has 0 aromatic carbocycles. The Hall–Kier alpha value is -1.70. The molecule has 0 unspecified atom stereocenters. The normalized spacial score (nSPS) is 16.3. The van der Waals surface area contributed by atoms with Crippen molar-refractivity contribution >= 4 is 17.2 Å². The van der Waals surface area contributed by atoms with Gasteiger partial charge in [0, 0.05) is 26.2 Å². The topological polar surface area (TPSA) is 69.8 Å². The average Bonchev–Trinajstić information content (AvgIpc) is 3.18. The van der Waals surface area contributed by atoms with Crippen molar-refractivity contribution in [2.75, 3.05) is 32.8 Å². The van der Waals surface area contributed by atoms with Crippen LogP contribution in [0.3, 0.4) is 0 Å². The quantitative estimate of drug-likeness (QED) is 0.914. The molecule has 2 aromatic heterocycles. The maximum Gasteiger partial charge on any atom is 0.248 e. The second-order valence-corrected chi connectivity index (χ2v) is 5.86. The molecule has 1 aliphatic rings. The van der Waals surface area contributed by atoms with E-state index in [9.17, 15) is 4.79 Å². The van der Waals surface area contributed by atoms with Gasteiger partial charge in [-0.1, -0.05) is 6.07 Å². The number of thiophene rings is 1. The van der Waals surface area contributed by atoms with Crippen LogP contribution < -0.4 is 0 Å². The molecule has 1 fully saturated rings. The molecule has 0 radical (unpaired) electrons. The van der Waals surface area contributed by atoms with Crippen LogP contribution in [0.4, 0.5) is 0 Å². The van der Waals surface area contributed by atoms with Gasteiger partial charge in [0.05, 0.1) is 17.6 Å². The third-order valence-electron chi connectivity index (χ3n) is 3.54. The Morgan fingerprint density at radius 1 is 1.38 bits per heavy atom. The molecule has 1 saturated heterocycles. The monoisotopic (exact) mass is 307 g/mol. The Bertz CT molecular complexity index is 588. The highest BCUT2D eigenvalue weighted by atomic mass is 32.1. The van der Waals surface area contributed by atoms with Crippen LogP contribution in [0, 0.1) is 0 Å². The highest BCUT2D eigenvalue weighted by molar-refractivity contribution is 7.13. The summed E-state index contributed by atoms with van der Waals surface area (Å²) in [7, 11) is 0. The minimum absolute atomic E-state index is 0.203. The number of rotatable bonds is 4. The van der Waals surface area contributed by atoms with Gasteiger partial charge in [-0.05, 0) is 11.4 Å². The van der Waals surface area contributed by atoms with E-state index in [1.165, 1.54) is 0 Å². The van der Waals surface area contributed by atoms with E-state index in [0.717, 1.165) is 23.7 Å². The van der Waals surface area contributed by atoms with Gasteiger partial charge in [0.2, 0.25) is 11.8 Å². The second kappa shape index (κ2) is 6.38. The molecule has 21 heavy (non-hydrogen) atoms. The largest absolute Gasteiger partial charge is 0.438 e. The van der Waals surface area contributed by atoms with E-state index >= 15 is 0 Å². The molecule has 0 spiro atoms. The first-order chi connectivity index (χ1) is 10.3. The molecule has 3 rings (SSSR count). The maximum atomic E-state index is 11.4. The molecule has 0 atom stereocenters. The number of hydrogen-bond donors (Lipinski definition) is 1. The van der Waals surface area contributed by atoms with Crippen molar-refractivity contribution in [3.63, 3.8) is 0 Å². The van der Waals surface area contributed by atoms with Gasteiger partial charge in [-0.2, -0.15) is 0 Å². The molecule has 1 N–H and O–H groups in total. The van der Waals surface area contributed by atoms with Crippen LogP contribution in [-0.2, 0) is 11.3 Å². The van der Waals surface area contributed by atoms with E-state index in [1.54, 1.807) is 22.4 Å². The van der Waals surface area contributed by atoms with E-state index in [-0.39, 0.29) is 5.91 Å². The third-order valence-corrected chi connectivity index (χ3v) is 4.42. The number of aliphatic hydroxyl groups excluding tert-OH is 1. The maximum absolute atomic E-state index is 11.4. The molecule has 7 heteroatoms. The van der Waals surface area contributed by atoms with Crippen molar-refractivity contribution in [2.45, 2.75) is 6.54 Å². The molecular formula is C14H17N3O3S. The van der Waals surface area contributed by atoms with Crippen LogP contribution in [0.1, 0.15) is 5.89 Å². The van der Waals surface area contributed by atoms with E-state index < -0.39 is 6.61 Å². The number of oxazole rings is 1. The molecule has 1 amide bonds. The summed E-state index contributed by atoms with van der Waals surface area (Å²) in [6, 6.07) is 3.99. The minimum Gasteiger partial charge on any atom is -0.438 e. The van der Waals surface area contributed by atoms with Gasteiger partial charge in [0.15, 0.2) is 5.76 Å². The lowest BCUT2D eigenvalue weighted by molar-refractivity contribution is -0.136. The number of aliphatic hydroxyl groups is 1. The van der Waals surface area contributed by atoms with Gasteiger partial charge in [-0.3, -0.25) is 9.69 Å². The zero-order valence-corrected chi connectivity index (χ0v) is 12.4. The molecule has 0 bridgehead atoms. The van der Waals surface area contributed by atoms with Crippen molar-refractivity contribution in [1.29, 1.82) is 0 Å². The number of nitrogens with zero attached hydrogens (tertiary/aromatic N) is 3. The Balaban J connectivity index is 1.55. The predicted octanol–water partition coefficient (Wildman–Crippen LogP) is 1.04. The van der Waals surface area contributed by atoms with Crippen LogP contribution in [0.25, 0.3) is 10.6 Å².